The van der Waals surface area contributed by atoms with Gasteiger partial charge in [0.25, 0.3) is 0 Å². The molecule has 1 atom stereocenters. The van der Waals surface area contributed by atoms with Gasteiger partial charge >= 0.3 is 0 Å². The van der Waals surface area contributed by atoms with E-state index in [0.717, 1.165) is 24.9 Å². The van der Waals surface area contributed by atoms with Crippen LogP contribution in [-0.4, -0.2) is 21.6 Å². The van der Waals surface area contributed by atoms with Crippen LogP contribution in [-0.2, 0) is 13.0 Å². The van der Waals surface area contributed by atoms with E-state index in [1.54, 1.807) is 0 Å². The number of fused-ring (bicyclic) bond motifs is 1. The van der Waals surface area contributed by atoms with Crippen molar-refractivity contribution >= 4 is 11.3 Å². The maximum absolute atomic E-state index is 5.87. The first-order valence-electron chi connectivity index (χ1n) is 8.03. The van der Waals surface area contributed by atoms with Gasteiger partial charge in [-0.15, -0.1) is 21.5 Å². The Hall–Kier alpha value is -1.98. The number of hydrogen-bond acceptors (Lipinski definition) is 5. The highest BCUT2D eigenvalue weighted by molar-refractivity contribution is 7.10. The van der Waals surface area contributed by atoms with E-state index in [-0.39, 0.29) is 0 Å². The van der Waals surface area contributed by atoms with Crippen molar-refractivity contribution in [2.24, 2.45) is 0 Å². The predicted molar refractivity (Wildman–Crippen MR) is 91.2 cm³/mol. The first-order valence-corrected chi connectivity index (χ1v) is 8.91. The number of thiophene rings is 1. The minimum atomic E-state index is 0.456. The molecule has 2 aromatic heterocycles. The molecule has 0 amide bonds. The van der Waals surface area contributed by atoms with Crippen LogP contribution >= 0.6 is 11.3 Å². The lowest BCUT2D eigenvalue weighted by Gasteiger charge is -2.34. The molecule has 23 heavy (non-hydrogen) atoms. The molecular weight excluding hydrogens is 306 g/mol. The monoisotopic (exact) mass is 325 g/mol. The molecule has 4 rings (SSSR count). The summed E-state index contributed by atoms with van der Waals surface area (Å²) >= 11 is 1.88. The van der Waals surface area contributed by atoms with Crippen molar-refractivity contribution in [1.82, 2.24) is 15.1 Å². The molecule has 1 unspecified atom stereocenters. The van der Waals surface area contributed by atoms with E-state index in [0.29, 0.717) is 24.4 Å². The Labute approximate surface area is 139 Å². The van der Waals surface area contributed by atoms with E-state index in [1.807, 2.05) is 41.7 Å². The quantitative estimate of drug-likeness (QED) is 0.717. The minimum Gasteiger partial charge on any atom is -0.419 e. The van der Waals surface area contributed by atoms with Crippen molar-refractivity contribution in [3.8, 4) is 11.5 Å². The lowest BCUT2D eigenvalue weighted by Crippen LogP contribution is -2.34. The minimum absolute atomic E-state index is 0.456. The Morgan fingerprint density at radius 3 is 2.91 bits per heavy atom. The predicted octanol–water partition coefficient (Wildman–Crippen LogP) is 4.31. The van der Waals surface area contributed by atoms with Crippen LogP contribution in [0, 0.1) is 0 Å². The second-order valence-electron chi connectivity index (χ2n) is 5.81. The summed E-state index contributed by atoms with van der Waals surface area (Å²) in [6, 6.07) is 12.7. The average molecular weight is 325 g/mol. The van der Waals surface area contributed by atoms with Gasteiger partial charge in [-0.3, -0.25) is 4.90 Å². The Morgan fingerprint density at radius 2 is 2.09 bits per heavy atom. The zero-order chi connectivity index (χ0) is 15.6. The van der Waals surface area contributed by atoms with Crippen LogP contribution in [0.15, 0.2) is 46.2 Å². The molecule has 118 valence electrons. The number of aromatic nitrogens is 2. The third-order valence-electron chi connectivity index (χ3n) is 4.42. The molecular formula is C18H19N3OS. The smallest absolute Gasteiger partial charge is 0.247 e. The molecule has 0 fully saturated rings. The van der Waals surface area contributed by atoms with Crippen molar-refractivity contribution in [3.05, 3.63) is 58.1 Å². The highest BCUT2D eigenvalue weighted by Gasteiger charge is 2.28. The summed E-state index contributed by atoms with van der Waals surface area (Å²) in [4.78, 5) is 3.99. The Morgan fingerprint density at radius 1 is 1.22 bits per heavy atom. The van der Waals surface area contributed by atoms with E-state index < -0.39 is 0 Å². The zero-order valence-electron chi connectivity index (χ0n) is 13.1. The fraction of sp³-hybridized carbons (Fsp3) is 0.333. The summed E-state index contributed by atoms with van der Waals surface area (Å²) in [7, 11) is 0. The zero-order valence-corrected chi connectivity index (χ0v) is 13.9. The molecule has 3 aromatic rings. The van der Waals surface area contributed by atoms with Gasteiger partial charge in [0.05, 0.1) is 6.54 Å². The van der Waals surface area contributed by atoms with Gasteiger partial charge in [-0.2, -0.15) is 0 Å². The number of nitrogens with zero attached hydrogens (tertiary/aromatic N) is 3. The van der Waals surface area contributed by atoms with Gasteiger partial charge in [0.2, 0.25) is 11.8 Å². The molecule has 0 spiro atoms. The van der Waals surface area contributed by atoms with Gasteiger partial charge < -0.3 is 4.42 Å². The third kappa shape index (κ3) is 2.82. The molecule has 4 nitrogen and oxygen atoms in total. The van der Waals surface area contributed by atoms with E-state index in [1.165, 1.54) is 10.4 Å². The number of hydrogen-bond donors (Lipinski definition) is 0. The van der Waals surface area contributed by atoms with E-state index in [9.17, 15) is 0 Å². The van der Waals surface area contributed by atoms with Crippen LogP contribution in [0.4, 0.5) is 0 Å². The van der Waals surface area contributed by atoms with Crippen molar-refractivity contribution in [2.45, 2.75) is 32.4 Å². The van der Waals surface area contributed by atoms with Gasteiger partial charge in [-0.25, -0.2) is 0 Å². The lowest BCUT2D eigenvalue weighted by atomic mass is 9.98. The molecule has 1 aromatic carbocycles. The van der Waals surface area contributed by atoms with Crippen molar-refractivity contribution in [3.63, 3.8) is 0 Å². The maximum atomic E-state index is 5.87. The van der Waals surface area contributed by atoms with E-state index in [4.69, 9.17) is 4.42 Å². The molecule has 1 aliphatic heterocycles. The van der Waals surface area contributed by atoms with Gasteiger partial charge in [0.15, 0.2) is 0 Å². The normalized spacial score (nSPS) is 18.0. The summed E-state index contributed by atoms with van der Waals surface area (Å²) in [6.07, 6.45) is 2.21. The largest absolute Gasteiger partial charge is 0.419 e. The van der Waals surface area contributed by atoms with Crippen molar-refractivity contribution < 1.29 is 4.42 Å². The molecule has 3 heterocycles. The standard InChI is InChI=1S/C18H19N3OS/c1-2-15-14-9-11-23-16(14)8-10-21(15)12-17-19-20-18(22-17)13-6-4-3-5-7-13/h3-7,9,11,15H,2,8,10,12H2,1H3. The summed E-state index contributed by atoms with van der Waals surface area (Å²) < 4.78 is 5.87. The fourth-order valence-corrected chi connectivity index (χ4v) is 4.23. The van der Waals surface area contributed by atoms with Crippen LogP contribution < -0.4 is 0 Å². The van der Waals surface area contributed by atoms with Crippen LogP contribution in [0.3, 0.4) is 0 Å². The average Bonchev–Trinajstić information content (AvgIpc) is 3.24. The third-order valence-corrected chi connectivity index (χ3v) is 5.41. The maximum Gasteiger partial charge on any atom is 0.247 e. The van der Waals surface area contributed by atoms with E-state index >= 15 is 0 Å². The molecule has 0 radical (unpaired) electrons. The second kappa shape index (κ2) is 6.26. The first-order chi connectivity index (χ1) is 11.3. The van der Waals surface area contributed by atoms with E-state index in [2.05, 4.69) is 33.5 Å². The van der Waals surface area contributed by atoms with Crippen molar-refractivity contribution in [1.29, 1.82) is 0 Å². The fourth-order valence-electron chi connectivity index (χ4n) is 3.30. The molecule has 0 saturated heterocycles. The Kier molecular flexibility index (Phi) is 3.97. The summed E-state index contributed by atoms with van der Waals surface area (Å²) in [5, 5.41) is 10.6. The van der Waals surface area contributed by atoms with Gasteiger partial charge in [-0.05, 0) is 42.0 Å². The number of benzene rings is 1. The topological polar surface area (TPSA) is 42.2 Å². The Bertz CT molecular complexity index is 780. The van der Waals surface area contributed by atoms with Crippen LogP contribution in [0.1, 0.15) is 35.7 Å². The molecule has 5 heteroatoms. The Balaban J connectivity index is 1.54. The summed E-state index contributed by atoms with van der Waals surface area (Å²) in [5.41, 5.74) is 2.45. The lowest BCUT2D eigenvalue weighted by molar-refractivity contribution is 0.157. The molecule has 0 bridgehead atoms. The summed E-state index contributed by atoms with van der Waals surface area (Å²) in [6.45, 7) is 4.01. The number of rotatable bonds is 4. The molecule has 0 saturated carbocycles. The second-order valence-corrected chi connectivity index (χ2v) is 6.81. The van der Waals surface area contributed by atoms with Crippen LogP contribution in [0.2, 0.25) is 0 Å². The van der Waals surface area contributed by atoms with Crippen molar-refractivity contribution in [2.75, 3.05) is 6.54 Å². The van der Waals surface area contributed by atoms with Gasteiger partial charge in [-0.1, -0.05) is 25.1 Å². The first kappa shape index (κ1) is 14.6. The highest BCUT2D eigenvalue weighted by Crippen LogP contribution is 2.36. The van der Waals surface area contributed by atoms with Crippen LogP contribution in [0.25, 0.3) is 11.5 Å². The van der Waals surface area contributed by atoms with Crippen LogP contribution in [0.5, 0.6) is 0 Å². The highest BCUT2D eigenvalue weighted by atomic mass is 32.1. The SMILES string of the molecule is CCC1c2ccsc2CCN1Cc1nnc(-c2ccccc2)o1. The molecule has 0 aliphatic carbocycles. The van der Waals surface area contributed by atoms with Gasteiger partial charge in [0.1, 0.15) is 0 Å². The molecule has 0 N–H and O–H groups in total. The van der Waals surface area contributed by atoms with Gasteiger partial charge in [0, 0.05) is 23.0 Å². The molecule has 1 aliphatic rings. The summed E-state index contributed by atoms with van der Waals surface area (Å²) in [5.74, 6) is 1.29.